The standard InChI is InChI=1S/C13H9I2N/c14-13(15)12(10-5-2-1-3-6-10)11-7-4-8-16-9-11/h1-9H. The Labute approximate surface area is 122 Å². The number of nitrogens with zero attached hydrogens (tertiary/aromatic N) is 1. The predicted molar refractivity (Wildman–Crippen MR) is 84.7 cm³/mol. The van der Waals surface area contributed by atoms with Crippen LogP contribution in [0.15, 0.2) is 56.4 Å². The van der Waals surface area contributed by atoms with E-state index in [1.165, 1.54) is 12.7 Å². The van der Waals surface area contributed by atoms with Crippen molar-refractivity contribution in [3.63, 3.8) is 0 Å². The van der Waals surface area contributed by atoms with Crippen molar-refractivity contribution in [1.82, 2.24) is 4.98 Å². The number of benzene rings is 1. The first-order chi connectivity index (χ1) is 7.79. The van der Waals surface area contributed by atoms with Crippen LogP contribution in [0.3, 0.4) is 0 Å². The zero-order chi connectivity index (χ0) is 11.4. The van der Waals surface area contributed by atoms with Crippen molar-refractivity contribution >= 4 is 50.8 Å². The minimum Gasteiger partial charge on any atom is -0.264 e. The van der Waals surface area contributed by atoms with E-state index in [9.17, 15) is 0 Å². The van der Waals surface area contributed by atoms with Crippen LogP contribution in [-0.2, 0) is 0 Å². The second-order valence-corrected chi connectivity index (χ2v) is 7.46. The molecule has 1 aromatic carbocycles. The highest BCUT2D eigenvalue weighted by molar-refractivity contribution is 14.2. The molecule has 0 amide bonds. The Kier molecular flexibility index (Phi) is 4.34. The minimum absolute atomic E-state index is 1.16. The minimum atomic E-state index is 1.16. The number of hydrogen-bond acceptors (Lipinski definition) is 1. The maximum atomic E-state index is 4.17. The molecule has 0 aliphatic heterocycles. The third-order valence-electron chi connectivity index (χ3n) is 2.20. The maximum absolute atomic E-state index is 4.17. The van der Waals surface area contributed by atoms with Crippen LogP contribution in [0.1, 0.15) is 11.1 Å². The van der Waals surface area contributed by atoms with Crippen molar-refractivity contribution in [2.24, 2.45) is 0 Å². The van der Waals surface area contributed by atoms with Gasteiger partial charge >= 0.3 is 0 Å². The van der Waals surface area contributed by atoms with Crippen LogP contribution in [0.2, 0.25) is 0 Å². The topological polar surface area (TPSA) is 12.9 Å². The highest BCUT2D eigenvalue weighted by Crippen LogP contribution is 2.33. The van der Waals surface area contributed by atoms with Gasteiger partial charge in [0.15, 0.2) is 0 Å². The molecular weight excluding hydrogens is 424 g/mol. The summed E-state index contributed by atoms with van der Waals surface area (Å²) in [6, 6.07) is 14.5. The summed E-state index contributed by atoms with van der Waals surface area (Å²) in [5.41, 5.74) is 3.64. The summed E-state index contributed by atoms with van der Waals surface area (Å²) >= 11 is 4.70. The van der Waals surface area contributed by atoms with Gasteiger partial charge in [-0.25, -0.2) is 0 Å². The lowest BCUT2D eigenvalue weighted by molar-refractivity contribution is 1.31. The van der Waals surface area contributed by atoms with Gasteiger partial charge in [-0.1, -0.05) is 36.4 Å². The summed E-state index contributed by atoms with van der Waals surface area (Å²) in [5, 5.41) is 0. The zero-order valence-corrected chi connectivity index (χ0v) is 12.7. The number of halogens is 2. The normalized spacial score (nSPS) is 9.88. The Balaban J connectivity index is 2.54. The van der Waals surface area contributed by atoms with Crippen molar-refractivity contribution in [2.75, 3.05) is 0 Å². The Morgan fingerprint density at radius 3 is 2.12 bits per heavy atom. The van der Waals surface area contributed by atoms with E-state index in [4.69, 9.17) is 0 Å². The molecule has 80 valence electrons. The average molecular weight is 433 g/mol. The Morgan fingerprint density at radius 2 is 1.56 bits per heavy atom. The van der Waals surface area contributed by atoms with Gasteiger partial charge in [0.05, 0.1) is 1.59 Å². The van der Waals surface area contributed by atoms with Gasteiger partial charge in [-0.05, 0) is 56.8 Å². The molecule has 16 heavy (non-hydrogen) atoms. The van der Waals surface area contributed by atoms with Crippen molar-refractivity contribution in [1.29, 1.82) is 0 Å². The van der Waals surface area contributed by atoms with E-state index < -0.39 is 0 Å². The van der Waals surface area contributed by atoms with Gasteiger partial charge in [0.2, 0.25) is 0 Å². The molecule has 0 atom stereocenters. The first-order valence-electron chi connectivity index (χ1n) is 4.80. The number of rotatable bonds is 2. The molecule has 2 rings (SSSR count). The lowest BCUT2D eigenvalue weighted by Gasteiger charge is -2.08. The fraction of sp³-hybridized carbons (Fsp3) is 0. The largest absolute Gasteiger partial charge is 0.264 e. The molecule has 0 saturated heterocycles. The molecule has 0 aliphatic rings. The van der Waals surface area contributed by atoms with E-state index in [0.29, 0.717) is 0 Å². The fourth-order valence-corrected chi connectivity index (χ4v) is 2.75. The molecule has 0 unspecified atom stereocenters. The monoisotopic (exact) mass is 433 g/mol. The highest BCUT2D eigenvalue weighted by Gasteiger charge is 2.07. The van der Waals surface area contributed by atoms with Gasteiger partial charge in [-0.3, -0.25) is 4.98 Å². The van der Waals surface area contributed by atoms with E-state index >= 15 is 0 Å². The van der Waals surface area contributed by atoms with Crippen LogP contribution >= 0.6 is 45.2 Å². The molecule has 0 N–H and O–H groups in total. The molecule has 3 heteroatoms. The van der Waals surface area contributed by atoms with Crippen LogP contribution in [0.4, 0.5) is 0 Å². The number of pyridine rings is 1. The van der Waals surface area contributed by atoms with E-state index in [0.717, 1.165) is 5.56 Å². The molecule has 1 nitrogen and oxygen atoms in total. The fourth-order valence-electron chi connectivity index (χ4n) is 1.50. The molecule has 2 aromatic rings. The Bertz CT molecular complexity index is 446. The van der Waals surface area contributed by atoms with Crippen LogP contribution in [0.5, 0.6) is 0 Å². The lowest BCUT2D eigenvalue weighted by atomic mass is 10.0. The van der Waals surface area contributed by atoms with Gasteiger partial charge in [0.25, 0.3) is 0 Å². The smallest absolute Gasteiger partial charge is 0.0599 e. The van der Waals surface area contributed by atoms with Crippen molar-refractivity contribution in [3.8, 4) is 0 Å². The summed E-state index contributed by atoms with van der Waals surface area (Å²) in [6.45, 7) is 0. The third-order valence-corrected chi connectivity index (χ3v) is 3.28. The van der Waals surface area contributed by atoms with E-state index in [2.05, 4.69) is 80.5 Å². The van der Waals surface area contributed by atoms with Crippen LogP contribution in [0, 0.1) is 0 Å². The molecule has 1 heterocycles. The quantitative estimate of drug-likeness (QED) is 0.628. The third kappa shape index (κ3) is 2.82. The Hall–Kier alpha value is -0.430. The lowest BCUT2D eigenvalue weighted by Crippen LogP contribution is -1.88. The second kappa shape index (κ2) is 5.77. The van der Waals surface area contributed by atoms with Gasteiger partial charge in [0.1, 0.15) is 0 Å². The zero-order valence-electron chi connectivity index (χ0n) is 8.40. The van der Waals surface area contributed by atoms with Crippen LogP contribution in [0.25, 0.3) is 5.57 Å². The van der Waals surface area contributed by atoms with Crippen molar-refractivity contribution in [2.45, 2.75) is 0 Å². The van der Waals surface area contributed by atoms with Gasteiger partial charge in [-0.2, -0.15) is 0 Å². The molecule has 0 spiro atoms. The van der Waals surface area contributed by atoms with Crippen LogP contribution < -0.4 is 0 Å². The molecule has 0 bridgehead atoms. The van der Waals surface area contributed by atoms with E-state index in [1.807, 2.05) is 18.3 Å². The summed E-state index contributed by atoms with van der Waals surface area (Å²) in [7, 11) is 0. The number of hydrogen-bond donors (Lipinski definition) is 0. The average Bonchev–Trinajstić information content (AvgIpc) is 2.31. The molecule has 0 radical (unpaired) electrons. The van der Waals surface area contributed by atoms with Crippen LogP contribution in [-0.4, -0.2) is 4.98 Å². The molecule has 1 aromatic heterocycles. The SMILES string of the molecule is IC(I)=C(c1ccccc1)c1cccnc1. The summed E-state index contributed by atoms with van der Waals surface area (Å²) in [5.74, 6) is 0. The second-order valence-electron chi connectivity index (χ2n) is 3.24. The molecule has 0 saturated carbocycles. The summed E-state index contributed by atoms with van der Waals surface area (Å²) in [4.78, 5) is 4.17. The maximum Gasteiger partial charge on any atom is 0.0599 e. The molecular formula is C13H9I2N. The Morgan fingerprint density at radius 1 is 0.875 bits per heavy atom. The van der Waals surface area contributed by atoms with Crippen molar-refractivity contribution < 1.29 is 0 Å². The first-order valence-corrected chi connectivity index (χ1v) is 6.96. The summed E-state index contributed by atoms with van der Waals surface area (Å²) < 4.78 is 1.24. The molecule has 0 aliphatic carbocycles. The highest BCUT2D eigenvalue weighted by atomic mass is 127. The predicted octanol–water partition coefficient (Wildman–Crippen LogP) is 4.67. The molecule has 0 fully saturated rings. The van der Waals surface area contributed by atoms with E-state index in [-0.39, 0.29) is 0 Å². The van der Waals surface area contributed by atoms with Gasteiger partial charge in [-0.15, -0.1) is 0 Å². The van der Waals surface area contributed by atoms with E-state index in [1.54, 1.807) is 6.20 Å². The van der Waals surface area contributed by atoms with Crippen molar-refractivity contribution in [3.05, 3.63) is 67.6 Å². The van der Waals surface area contributed by atoms with Gasteiger partial charge in [0, 0.05) is 23.5 Å². The van der Waals surface area contributed by atoms with Gasteiger partial charge < -0.3 is 0 Å². The summed E-state index contributed by atoms with van der Waals surface area (Å²) in [6.07, 6.45) is 3.70. The number of aromatic nitrogens is 1. The first kappa shape index (κ1) is 12.0.